The van der Waals surface area contributed by atoms with E-state index in [-0.39, 0.29) is 5.78 Å². The third kappa shape index (κ3) is 3.24. The fraction of sp³-hybridized carbons (Fsp3) is 0.267. The molecule has 0 saturated heterocycles. The van der Waals surface area contributed by atoms with E-state index in [1.165, 1.54) is 9.77 Å². The van der Waals surface area contributed by atoms with Crippen molar-refractivity contribution < 1.29 is 4.79 Å². The molecular formula is C15H16OS2. The Kier molecular flexibility index (Phi) is 4.61. The largest absolute Gasteiger partial charge is 0.294 e. The van der Waals surface area contributed by atoms with Crippen molar-refractivity contribution in [2.24, 2.45) is 0 Å². The van der Waals surface area contributed by atoms with E-state index < -0.39 is 0 Å². The zero-order valence-electron chi connectivity index (χ0n) is 10.6. The molecule has 0 amide bonds. The Balaban J connectivity index is 2.06. The first-order valence-electron chi connectivity index (χ1n) is 5.97. The van der Waals surface area contributed by atoms with Gasteiger partial charge in [-0.15, -0.1) is 23.1 Å². The van der Waals surface area contributed by atoms with Crippen molar-refractivity contribution in [1.82, 2.24) is 0 Å². The molecule has 0 aliphatic carbocycles. The molecule has 94 valence electrons. The minimum absolute atomic E-state index is 0.201. The van der Waals surface area contributed by atoms with Crippen molar-refractivity contribution >= 4 is 28.9 Å². The molecule has 0 fully saturated rings. The SMILES string of the molecule is CCc1ccc(CC(=O)c2ccc(SC)cc2)s1. The summed E-state index contributed by atoms with van der Waals surface area (Å²) in [5.74, 6) is 0.201. The number of carbonyl (C=O) groups is 1. The molecule has 18 heavy (non-hydrogen) atoms. The van der Waals surface area contributed by atoms with E-state index in [4.69, 9.17) is 0 Å². The summed E-state index contributed by atoms with van der Waals surface area (Å²) in [6.45, 7) is 2.14. The number of thiophene rings is 1. The average Bonchev–Trinajstić information content (AvgIpc) is 2.86. The van der Waals surface area contributed by atoms with Gasteiger partial charge in [0, 0.05) is 26.6 Å². The molecule has 0 unspecified atom stereocenters. The molecule has 0 radical (unpaired) electrons. The maximum atomic E-state index is 12.1. The van der Waals surface area contributed by atoms with Crippen LogP contribution in [0.1, 0.15) is 27.0 Å². The van der Waals surface area contributed by atoms with Gasteiger partial charge in [0.1, 0.15) is 0 Å². The van der Waals surface area contributed by atoms with E-state index in [9.17, 15) is 4.79 Å². The fourth-order valence-corrected chi connectivity index (χ4v) is 3.11. The van der Waals surface area contributed by atoms with Crippen molar-refractivity contribution in [1.29, 1.82) is 0 Å². The fourth-order valence-electron chi connectivity index (χ4n) is 1.74. The molecule has 0 atom stereocenters. The number of benzene rings is 1. The third-order valence-electron chi connectivity index (χ3n) is 2.81. The van der Waals surface area contributed by atoms with Gasteiger partial charge in [-0.1, -0.05) is 19.1 Å². The summed E-state index contributed by atoms with van der Waals surface area (Å²) in [6.07, 6.45) is 3.60. The Morgan fingerprint density at radius 2 is 1.78 bits per heavy atom. The molecule has 0 N–H and O–H groups in total. The quantitative estimate of drug-likeness (QED) is 0.592. The number of hydrogen-bond donors (Lipinski definition) is 0. The summed E-state index contributed by atoms with van der Waals surface area (Å²) < 4.78 is 0. The Bertz CT molecular complexity index is 526. The molecule has 0 bridgehead atoms. The smallest absolute Gasteiger partial charge is 0.168 e. The van der Waals surface area contributed by atoms with Crippen LogP contribution in [-0.4, -0.2) is 12.0 Å². The van der Waals surface area contributed by atoms with Crippen LogP contribution < -0.4 is 0 Å². The number of Topliss-reactive ketones (excluding diaryl/α,β-unsaturated/α-hetero) is 1. The molecule has 2 rings (SSSR count). The summed E-state index contributed by atoms with van der Waals surface area (Å²) >= 11 is 3.43. The Morgan fingerprint density at radius 3 is 2.33 bits per heavy atom. The van der Waals surface area contributed by atoms with Gasteiger partial charge in [-0.3, -0.25) is 4.79 Å². The third-order valence-corrected chi connectivity index (χ3v) is 4.79. The lowest BCUT2D eigenvalue weighted by molar-refractivity contribution is 0.0994. The van der Waals surface area contributed by atoms with Crippen molar-refractivity contribution in [3.05, 3.63) is 51.7 Å². The molecular weight excluding hydrogens is 260 g/mol. The highest BCUT2D eigenvalue weighted by Gasteiger charge is 2.08. The van der Waals surface area contributed by atoms with Crippen LogP contribution in [0, 0.1) is 0 Å². The molecule has 1 aromatic heterocycles. The lowest BCUT2D eigenvalue weighted by atomic mass is 10.1. The normalized spacial score (nSPS) is 10.6. The van der Waals surface area contributed by atoms with Gasteiger partial charge < -0.3 is 0 Å². The first-order chi connectivity index (χ1) is 8.72. The van der Waals surface area contributed by atoms with E-state index in [0.29, 0.717) is 6.42 Å². The maximum Gasteiger partial charge on any atom is 0.168 e. The molecule has 3 heteroatoms. The molecule has 1 heterocycles. The van der Waals surface area contributed by atoms with Crippen molar-refractivity contribution in [3.8, 4) is 0 Å². The topological polar surface area (TPSA) is 17.1 Å². The van der Waals surface area contributed by atoms with E-state index in [0.717, 1.165) is 16.9 Å². The van der Waals surface area contributed by atoms with Gasteiger partial charge in [-0.2, -0.15) is 0 Å². The van der Waals surface area contributed by atoms with Crippen molar-refractivity contribution in [3.63, 3.8) is 0 Å². The monoisotopic (exact) mass is 276 g/mol. The Morgan fingerprint density at radius 1 is 1.11 bits per heavy atom. The van der Waals surface area contributed by atoms with Crippen LogP contribution in [0.15, 0.2) is 41.3 Å². The molecule has 1 aromatic carbocycles. The zero-order chi connectivity index (χ0) is 13.0. The lowest BCUT2D eigenvalue weighted by Crippen LogP contribution is -2.01. The lowest BCUT2D eigenvalue weighted by Gasteiger charge is -2.01. The molecule has 0 saturated carbocycles. The second kappa shape index (κ2) is 6.21. The molecule has 1 nitrogen and oxygen atoms in total. The first-order valence-corrected chi connectivity index (χ1v) is 8.02. The highest BCUT2D eigenvalue weighted by molar-refractivity contribution is 7.98. The average molecular weight is 276 g/mol. The Labute approximate surface area is 116 Å². The summed E-state index contributed by atoms with van der Waals surface area (Å²) in [5.41, 5.74) is 0.805. The maximum absolute atomic E-state index is 12.1. The number of hydrogen-bond acceptors (Lipinski definition) is 3. The standard InChI is InChI=1S/C15H16OS2/c1-3-12-8-9-14(18-12)10-15(16)11-4-6-13(17-2)7-5-11/h4-9H,3,10H2,1-2H3. The van der Waals surface area contributed by atoms with E-state index >= 15 is 0 Å². The van der Waals surface area contributed by atoms with Crippen LogP contribution >= 0.6 is 23.1 Å². The second-order valence-corrected chi connectivity index (χ2v) is 6.18. The van der Waals surface area contributed by atoms with Crippen LogP contribution in [-0.2, 0) is 12.8 Å². The van der Waals surface area contributed by atoms with Gasteiger partial charge in [0.25, 0.3) is 0 Å². The molecule has 0 spiro atoms. The number of thioether (sulfide) groups is 1. The van der Waals surface area contributed by atoms with Gasteiger partial charge in [-0.05, 0) is 36.9 Å². The first kappa shape index (κ1) is 13.4. The predicted molar refractivity (Wildman–Crippen MR) is 80.0 cm³/mol. The van der Waals surface area contributed by atoms with Crippen LogP contribution in [0.4, 0.5) is 0 Å². The van der Waals surface area contributed by atoms with Gasteiger partial charge in [0.15, 0.2) is 5.78 Å². The van der Waals surface area contributed by atoms with Gasteiger partial charge in [-0.25, -0.2) is 0 Å². The number of carbonyl (C=O) groups excluding carboxylic acids is 1. The minimum atomic E-state index is 0.201. The van der Waals surface area contributed by atoms with Crippen molar-refractivity contribution in [2.45, 2.75) is 24.7 Å². The van der Waals surface area contributed by atoms with Crippen LogP contribution in [0.2, 0.25) is 0 Å². The summed E-state index contributed by atoms with van der Waals surface area (Å²) in [4.78, 5) is 15.8. The highest BCUT2D eigenvalue weighted by Crippen LogP contribution is 2.20. The van der Waals surface area contributed by atoms with Crippen LogP contribution in [0.25, 0.3) is 0 Å². The van der Waals surface area contributed by atoms with Crippen molar-refractivity contribution in [2.75, 3.05) is 6.26 Å². The minimum Gasteiger partial charge on any atom is -0.294 e. The summed E-state index contributed by atoms with van der Waals surface area (Å²) in [6, 6.07) is 12.0. The number of ketones is 1. The summed E-state index contributed by atoms with van der Waals surface area (Å²) in [7, 11) is 0. The predicted octanol–water partition coefficient (Wildman–Crippen LogP) is 4.46. The molecule has 0 aliphatic heterocycles. The van der Waals surface area contributed by atoms with E-state index in [1.807, 2.05) is 30.5 Å². The van der Waals surface area contributed by atoms with Gasteiger partial charge in [0.2, 0.25) is 0 Å². The summed E-state index contributed by atoms with van der Waals surface area (Å²) in [5, 5.41) is 0. The van der Waals surface area contributed by atoms with Crippen LogP contribution in [0.3, 0.4) is 0 Å². The molecule has 2 aromatic rings. The van der Waals surface area contributed by atoms with Gasteiger partial charge >= 0.3 is 0 Å². The van der Waals surface area contributed by atoms with Crippen LogP contribution in [0.5, 0.6) is 0 Å². The van der Waals surface area contributed by atoms with Gasteiger partial charge in [0.05, 0.1) is 0 Å². The second-order valence-electron chi connectivity index (χ2n) is 4.05. The number of aryl methyl sites for hydroxylation is 1. The van der Waals surface area contributed by atoms with E-state index in [2.05, 4.69) is 19.1 Å². The van der Waals surface area contributed by atoms with E-state index in [1.54, 1.807) is 23.1 Å². The zero-order valence-corrected chi connectivity index (χ0v) is 12.2. The number of rotatable bonds is 5. The Hall–Kier alpha value is -1.06. The molecule has 0 aliphatic rings. The highest BCUT2D eigenvalue weighted by atomic mass is 32.2.